The Bertz CT molecular complexity index is 530. The van der Waals surface area contributed by atoms with E-state index < -0.39 is 0 Å². The second-order valence-corrected chi connectivity index (χ2v) is 8.36. The molecule has 5 heteroatoms. The molecular weight excluding hydrogens is 388 g/mol. The van der Waals surface area contributed by atoms with Gasteiger partial charge in [0, 0.05) is 22.9 Å². The molecular formula is C19H30BrClN2O. The standard InChI is InChI=1S/C19H29BrN2O.ClH/c1-14(15-7-9-21-10-8-15)11-18(23)22-13-19(2,3)16-5-4-6-17(20)12-16;/h4-6,12,14-15,21H,7-11,13H2,1-3H3,(H,22,23);1H. The number of piperidine rings is 1. The molecule has 1 atom stereocenters. The highest BCUT2D eigenvalue weighted by molar-refractivity contribution is 9.10. The molecule has 3 nitrogen and oxygen atoms in total. The van der Waals surface area contributed by atoms with Gasteiger partial charge in [-0.05, 0) is 55.5 Å². The van der Waals surface area contributed by atoms with Crippen LogP contribution in [0, 0.1) is 11.8 Å². The highest BCUT2D eigenvalue weighted by Crippen LogP contribution is 2.26. The van der Waals surface area contributed by atoms with Gasteiger partial charge in [-0.1, -0.05) is 48.8 Å². The lowest BCUT2D eigenvalue weighted by Gasteiger charge is -2.29. The molecule has 24 heavy (non-hydrogen) atoms. The third kappa shape index (κ3) is 6.38. The van der Waals surface area contributed by atoms with Crippen LogP contribution in [0.25, 0.3) is 0 Å². The molecule has 1 heterocycles. The number of nitrogens with one attached hydrogen (secondary N) is 2. The van der Waals surface area contributed by atoms with E-state index in [1.165, 1.54) is 18.4 Å². The molecule has 0 spiro atoms. The Hall–Kier alpha value is -0.580. The van der Waals surface area contributed by atoms with Crippen LogP contribution in [0.4, 0.5) is 0 Å². The van der Waals surface area contributed by atoms with Crippen molar-refractivity contribution in [1.29, 1.82) is 0 Å². The first kappa shape index (κ1) is 21.5. The SMILES string of the molecule is CC(CC(=O)NCC(C)(C)c1cccc(Br)c1)C1CCNCC1.Cl. The lowest BCUT2D eigenvalue weighted by molar-refractivity contribution is -0.122. The van der Waals surface area contributed by atoms with Crippen LogP contribution >= 0.6 is 28.3 Å². The Morgan fingerprint density at radius 3 is 2.67 bits per heavy atom. The maximum atomic E-state index is 12.3. The van der Waals surface area contributed by atoms with Crippen molar-refractivity contribution in [2.45, 2.75) is 45.4 Å². The van der Waals surface area contributed by atoms with Crippen LogP contribution in [0.15, 0.2) is 28.7 Å². The predicted molar refractivity (Wildman–Crippen MR) is 107 cm³/mol. The normalized spacial score (nSPS) is 17.0. The van der Waals surface area contributed by atoms with Gasteiger partial charge < -0.3 is 10.6 Å². The lowest BCUT2D eigenvalue weighted by Crippen LogP contribution is -2.38. The summed E-state index contributed by atoms with van der Waals surface area (Å²) in [6, 6.07) is 8.32. The third-order valence-electron chi connectivity index (χ3n) is 5.03. The monoisotopic (exact) mass is 416 g/mol. The summed E-state index contributed by atoms with van der Waals surface area (Å²) in [5.41, 5.74) is 1.16. The van der Waals surface area contributed by atoms with E-state index in [4.69, 9.17) is 0 Å². The van der Waals surface area contributed by atoms with Crippen molar-refractivity contribution in [2.75, 3.05) is 19.6 Å². The molecule has 0 aromatic heterocycles. The third-order valence-corrected chi connectivity index (χ3v) is 5.52. The van der Waals surface area contributed by atoms with Gasteiger partial charge in [-0.2, -0.15) is 0 Å². The zero-order valence-electron chi connectivity index (χ0n) is 14.9. The Morgan fingerprint density at radius 1 is 1.38 bits per heavy atom. The van der Waals surface area contributed by atoms with E-state index in [1.807, 2.05) is 12.1 Å². The topological polar surface area (TPSA) is 41.1 Å². The Kier molecular flexibility index (Phi) is 8.75. The molecule has 1 aliphatic heterocycles. The highest BCUT2D eigenvalue weighted by atomic mass is 79.9. The van der Waals surface area contributed by atoms with E-state index >= 15 is 0 Å². The van der Waals surface area contributed by atoms with Gasteiger partial charge in [-0.15, -0.1) is 12.4 Å². The lowest BCUT2D eigenvalue weighted by atomic mass is 9.83. The fraction of sp³-hybridized carbons (Fsp3) is 0.632. The van der Waals surface area contributed by atoms with Gasteiger partial charge in [0.1, 0.15) is 0 Å². The van der Waals surface area contributed by atoms with Gasteiger partial charge >= 0.3 is 0 Å². The number of hydrogen-bond acceptors (Lipinski definition) is 2. The van der Waals surface area contributed by atoms with Crippen LogP contribution < -0.4 is 10.6 Å². The molecule has 2 N–H and O–H groups in total. The van der Waals surface area contributed by atoms with Gasteiger partial charge in [-0.3, -0.25) is 4.79 Å². The molecule has 0 radical (unpaired) electrons. The van der Waals surface area contributed by atoms with Crippen LogP contribution in [0.2, 0.25) is 0 Å². The number of rotatable bonds is 6. The van der Waals surface area contributed by atoms with Crippen molar-refractivity contribution < 1.29 is 4.79 Å². The number of hydrogen-bond donors (Lipinski definition) is 2. The minimum Gasteiger partial charge on any atom is -0.355 e. The summed E-state index contributed by atoms with van der Waals surface area (Å²) in [4.78, 5) is 12.3. The number of carbonyl (C=O) groups is 1. The van der Waals surface area contributed by atoms with Crippen molar-refractivity contribution in [1.82, 2.24) is 10.6 Å². The summed E-state index contributed by atoms with van der Waals surface area (Å²) in [5, 5.41) is 6.53. The van der Waals surface area contributed by atoms with E-state index in [0.29, 0.717) is 24.8 Å². The van der Waals surface area contributed by atoms with Gasteiger partial charge in [0.2, 0.25) is 5.91 Å². The molecule has 136 valence electrons. The Balaban J connectivity index is 0.00000288. The summed E-state index contributed by atoms with van der Waals surface area (Å²) in [6.45, 7) is 9.41. The van der Waals surface area contributed by atoms with Crippen LogP contribution in [0.3, 0.4) is 0 Å². The van der Waals surface area contributed by atoms with E-state index in [-0.39, 0.29) is 23.7 Å². The zero-order chi connectivity index (χ0) is 16.9. The van der Waals surface area contributed by atoms with E-state index in [1.54, 1.807) is 0 Å². The zero-order valence-corrected chi connectivity index (χ0v) is 17.3. The minimum absolute atomic E-state index is 0. The summed E-state index contributed by atoms with van der Waals surface area (Å²) in [7, 11) is 0. The number of carbonyl (C=O) groups excluding carboxylic acids is 1. The number of halogens is 2. The molecule has 1 saturated heterocycles. The van der Waals surface area contributed by atoms with Crippen molar-refractivity contribution in [3.8, 4) is 0 Å². The fourth-order valence-corrected chi connectivity index (χ4v) is 3.67. The summed E-state index contributed by atoms with van der Waals surface area (Å²) >= 11 is 3.52. The van der Waals surface area contributed by atoms with Crippen LogP contribution in [0.1, 0.15) is 45.6 Å². The summed E-state index contributed by atoms with van der Waals surface area (Å²) < 4.78 is 1.08. The van der Waals surface area contributed by atoms with Crippen LogP contribution in [-0.2, 0) is 10.2 Å². The molecule has 1 aromatic rings. The first-order valence-electron chi connectivity index (χ1n) is 8.62. The maximum absolute atomic E-state index is 12.3. The van der Waals surface area contributed by atoms with Crippen molar-refractivity contribution >= 4 is 34.2 Å². The quantitative estimate of drug-likeness (QED) is 0.725. The molecule has 1 unspecified atom stereocenters. The van der Waals surface area contributed by atoms with Gasteiger partial charge in [0.15, 0.2) is 0 Å². The van der Waals surface area contributed by atoms with Gasteiger partial charge in [-0.25, -0.2) is 0 Å². The molecule has 0 saturated carbocycles. The van der Waals surface area contributed by atoms with E-state index in [9.17, 15) is 4.79 Å². The molecule has 1 amide bonds. The van der Waals surface area contributed by atoms with Crippen molar-refractivity contribution in [3.05, 3.63) is 34.3 Å². The summed E-state index contributed by atoms with van der Waals surface area (Å²) in [6.07, 6.45) is 3.02. The molecule has 1 aromatic carbocycles. The highest BCUT2D eigenvalue weighted by Gasteiger charge is 2.24. The fourth-order valence-electron chi connectivity index (χ4n) is 3.28. The number of benzene rings is 1. The van der Waals surface area contributed by atoms with Crippen LogP contribution in [-0.4, -0.2) is 25.5 Å². The second-order valence-electron chi connectivity index (χ2n) is 7.44. The second kappa shape index (κ2) is 9.79. The predicted octanol–water partition coefficient (Wildman–Crippen LogP) is 4.29. The van der Waals surface area contributed by atoms with Crippen molar-refractivity contribution in [3.63, 3.8) is 0 Å². The van der Waals surface area contributed by atoms with Gasteiger partial charge in [0.05, 0.1) is 0 Å². The minimum atomic E-state index is -0.0720. The maximum Gasteiger partial charge on any atom is 0.220 e. The molecule has 1 aliphatic rings. The first-order chi connectivity index (χ1) is 10.9. The van der Waals surface area contributed by atoms with Crippen molar-refractivity contribution in [2.24, 2.45) is 11.8 Å². The molecule has 0 bridgehead atoms. The summed E-state index contributed by atoms with van der Waals surface area (Å²) in [5.74, 6) is 1.32. The van der Waals surface area contributed by atoms with E-state index in [2.05, 4.69) is 59.5 Å². The first-order valence-corrected chi connectivity index (χ1v) is 9.41. The molecule has 2 rings (SSSR count). The van der Waals surface area contributed by atoms with Gasteiger partial charge in [0.25, 0.3) is 0 Å². The van der Waals surface area contributed by atoms with Crippen LogP contribution in [0.5, 0.6) is 0 Å². The largest absolute Gasteiger partial charge is 0.355 e. The Morgan fingerprint density at radius 2 is 2.04 bits per heavy atom. The van der Waals surface area contributed by atoms with E-state index in [0.717, 1.165) is 17.6 Å². The Labute approximate surface area is 160 Å². The average molecular weight is 418 g/mol. The molecule has 0 aliphatic carbocycles. The molecule has 1 fully saturated rings. The number of amides is 1. The average Bonchev–Trinajstić information content (AvgIpc) is 2.54. The smallest absolute Gasteiger partial charge is 0.220 e.